The summed E-state index contributed by atoms with van der Waals surface area (Å²) in [5, 5.41) is 5.19. The van der Waals surface area contributed by atoms with E-state index < -0.39 is 5.60 Å². The SMILES string of the molecule is CC(C)(C)OC(=O)N1CCC[C@H]1c1cc(Cl)cc2c1CN(C(=O)c1ccn(C3CC3)n1)CC2. The fourth-order valence-corrected chi connectivity index (χ4v) is 5.16. The quantitative estimate of drug-likeness (QED) is 0.622. The fourth-order valence-electron chi connectivity index (χ4n) is 4.91. The maximum Gasteiger partial charge on any atom is 0.410 e. The van der Waals surface area contributed by atoms with Crippen molar-refractivity contribution in [1.82, 2.24) is 19.6 Å². The molecule has 0 bridgehead atoms. The summed E-state index contributed by atoms with van der Waals surface area (Å²) in [6.45, 7) is 7.42. The minimum absolute atomic E-state index is 0.0450. The molecule has 176 valence electrons. The van der Waals surface area contributed by atoms with Gasteiger partial charge in [-0.2, -0.15) is 5.10 Å². The highest BCUT2D eigenvalue weighted by molar-refractivity contribution is 6.30. The topological polar surface area (TPSA) is 67.7 Å². The number of nitrogens with zero attached hydrogens (tertiary/aromatic N) is 4. The number of aromatic nitrogens is 2. The largest absolute Gasteiger partial charge is 0.444 e. The Morgan fingerprint density at radius 1 is 1.15 bits per heavy atom. The minimum atomic E-state index is -0.551. The molecule has 2 aromatic rings. The molecule has 1 aromatic heterocycles. The van der Waals surface area contributed by atoms with Gasteiger partial charge in [0.2, 0.25) is 0 Å². The van der Waals surface area contributed by atoms with Crippen molar-refractivity contribution < 1.29 is 14.3 Å². The predicted molar refractivity (Wildman–Crippen MR) is 125 cm³/mol. The molecule has 3 heterocycles. The molecule has 1 saturated heterocycles. The molecule has 5 rings (SSSR count). The Morgan fingerprint density at radius 3 is 2.67 bits per heavy atom. The molecular weight excluding hydrogens is 440 g/mol. The van der Waals surface area contributed by atoms with Gasteiger partial charge in [-0.25, -0.2) is 4.79 Å². The summed E-state index contributed by atoms with van der Waals surface area (Å²) in [5.74, 6) is -0.0450. The molecule has 3 aliphatic rings. The zero-order valence-corrected chi connectivity index (χ0v) is 20.3. The van der Waals surface area contributed by atoms with E-state index in [4.69, 9.17) is 16.3 Å². The van der Waals surface area contributed by atoms with Crippen LogP contribution in [0.1, 0.15) is 85.7 Å². The summed E-state index contributed by atoms with van der Waals surface area (Å²) in [7, 11) is 0. The monoisotopic (exact) mass is 470 g/mol. The van der Waals surface area contributed by atoms with Gasteiger partial charge in [0.05, 0.1) is 12.1 Å². The van der Waals surface area contributed by atoms with Crippen LogP contribution in [0.2, 0.25) is 5.02 Å². The highest BCUT2D eigenvalue weighted by Gasteiger charge is 2.36. The van der Waals surface area contributed by atoms with Crippen LogP contribution in [-0.2, 0) is 17.7 Å². The van der Waals surface area contributed by atoms with Crippen molar-refractivity contribution in [2.24, 2.45) is 0 Å². The summed E-state index contributed by atoms with van der Waals surface area (Å²) in [6, 6.07) is 6.13. The number of benzene rings is 1. The van der Waals surface area contributed by atoms with Crippen LogP contribution in [0.4, 0.5) is 4.79 Å². The third-order valence-corrected chi connectivity index (χ3v) is 6.84. The second-order valence-electron chi connectivity index (χ2n) is 10.4. The first-order valence-corrected chi connectivity index (χ1v) is 12.2. The summed E-state index contributed by atoms with van der Waals surface area (Å²) >= 11 is 6.50. The van der Waals surface area contributed by atoms with Crippen LogP contribution in [0, 0.1) is 0 Å². The van der Waals surface area contributed by atoms with E-state index in [0.717, 1.165) is 48.8 Å². The number of ether oxygens (including phenoxy) is 1. The van der Waals surface area contributed by atoms with Gasteiger partial charge in [0.25, 0.3) is 5.91 Å². The molecule has 2 fully saturated rings. The van der Waals surface area contributed by atoms with E-state index in [-0.39, 0.29) is 18.0 Å². The lowest BCUT2D eigenvalue weighted by molar-refractivity contribution is 0.0222. The molecule has 0 N–H and O–H groups in total. The first-order valence-electron chi connectivity index (χ1n) is 11.8. The number of carbonyl (C=O) groups is 2. The van der Waals surface area contributed by atoms with E-state index >= 15 is 0 Å². The Bertz CT molecular complexity index is 1090. The number of fused-ring (bicyclic) bond motifs is 1. The molecule has 1 aliphatic carbocycles. The lowest BCUT2D eigenvalue weighted by Gasteiger charge is -2.34. The van der Waals surface area contributed by atoms with E-state index in [2.05, 4.69) is 5.10 Å². The minimum Gasteiger partial charge on any atom is -0.444 e. The average Bonchev–Trinajstić information content (AvgIpc) is 3.28. The molecule has 1 aromatic carbocycles. The van der Waals surface area contributed by atoms with Crippen molar-refractivity contribution in [2.45, 2.75) is 77.1 Å². The van der Waals surface area contributed by atoms with Crippen LogP contribution in [0.25, 0.3) is 0 Å². The van der Waals surface area contributed by atoms with Crippen molar-refractivity contribution in [1.29, 1.82) is 0 Å². The second kappa shape index (κ2) is 8.35. The van der Waals surface area contributed by atoms with E-state index in [1.54, 1.807) is 0 Å². The molecule has 0 unspecified atom stereocenters. The predicted octanol–water partition coefficient (Wildman–Crippen LogP) is 5.14. The number of likely N-dealkylation sites (tertiary alicyclic amines) is 1. The van der Waals surface area contributed by atoms with Gasteiger partial charge in [0, 0.05) is 30.9 Å². The third kappa shape index (κ3) is 4.60. The van der Waals surface area contributed by atoms with Gasteiger partial charge in [-0.3, -0.25) is 9.48 Å². The van der Waals surface area contributed by atoms with Crippen molar-refractivity contribution in [3.8, 4) is 0 Å². The number of hydrogen-bond donors (Lipinski definition) is 0. The normalized spacial score (nSPS) is 20.7. The van der Waals surface area contributed by atoms with Crippen molar-refractivity contribution in [2.75, 3.05) is 13.1 Å². The Labute approximate surface area is 199 Å². The lowest BCUT2D eigenvalue weighted by Crippen LogP contribution is -2.39. The number of halogens is 1. The van der Waals surface area contributed by atoms with Crippen LogP contribution >= 0.6 is 11.6 Å². The van der Waals surface area contributed by atoms with E-state index in [0.29, 0.717) is 36.4 Å². The van der Waals surface area contributed by atoms with Gasteiger partial charge in [-0.05, 0) is 87.8 Å². The number of carbonyl (C=O) groups excluding carboxylic acids is 2. The lowest BCUT2D eigenvalue weighted by atomic mass is 9.90. The highest BCUT2D eigenvalue weighted by atomic mass is 35.5. The first kappa shape index (κ1) is 22.3. The summed E-state index contributed by atoms with van der Waals surface area (Å²) in [4.78, 5) is 29.8. The fraction of sp³-hybridized carbons (Fsp3) is 0.560. The molecule has 0 radical (unpaired) electrons. The van der Waals surface area contributed by atoms with Gasteiger partial charge >= 0.3 is 6.09 Å². The van der Waals surface area contributed by atoms with Gasteiger partial charge in [-0.1, -0.05) is 11.6 Å². The summed E-state index contributed by atoms with van der Waals surface area (Å²) in [6.07, 6.45) is 6.37. The molecule has 8 heteroatoms. The zero-order valence-electron chi connectivity index (χ0n) is 19.5. The smallest absolute Gasteiger partial charge is 0.410 e. The average molecular weight is 471 g/mol. The van der Waals surface area contributed by atoms with Crippen LogP contribution in [0.5, 0.6) is 0 Å². The van der Waals surface area contributed by atoms with Crippen LogP contribution in [-0.4, -0.2) is 50.3 Å². The Morgan fingerprint density at radius 2 is 1.94 bits per heavy atom. The highest BCUT2D eigenvalue weighted by Crippen LogP contribution is 2.39. The third-order valence-electron chi connectivity index (χ3n) is 6.62. The molecule has 33 heavy (non-hydrogen) atoms. The maximum atomic E-state index is 13.2. The standard InChI is InChI=1S/C25H31ClN4O3/c1-25(2,3)33-24(32)29-10-4-5-22(29)19-14-17(26)13-16-8-11-28(15-20(16)19)23(31)21-9-12-30(27-21)18-6-7-18/h9,12-14,18,22H,4-8,10-11,15H2,1-3H3/t22-/m0/s1. The first-order chi connectivity index (χ1) is 15.7. The Hall–Kier alpha value is -2.54. The van der Waals surface area contributed by atoms with Crippen LogP contribution in [0.3, 0.4) is 0 Å². The van der Waals surface area contributed by atoms with E-state index in [9.17, 15) is 9.59 Å². The van der Waals surface area contributed by atoms with Crippen molar-refractivity contribution in [3.63, 3.8) is 0 Å². The van der Waals surface area contributed by atoms with E-state index in [1.165, 1.54) is 0 Å². The van der Waals surface area contributed by atoms with Crippen LogP contribution in [0.15, 0.2) is 24.4 Å². The zero-order chi connectivity index (χ0) is 23.3. The number of hydrogen-bond acceptors (Lipinski definition) is 4. The van der Waals surface area contributed by atoms with Gasteiger partial charge in [0.1, 0.15) is 11.3 Å². The van der Waals surface area contributed by atoms with Crippen molar-refractivity contribution in [3.05, 3.63) is 51.8 Å². The molecule has 2 amide bonds. The number of rotatable bonds is 3. The Kier molecular flexibility index (Phi) is 5.63. The Balaban J connectivity index is 1.41. The molecule has 2 aliphatic heterocycles. The van der Waals surface area contributed by atoms with Gasteiger partial charge < -0.3 is 14.5 Å². The van der Waals surface area contributed by atoms with Gasteiger partial charge in [0.15, 0.2) is 0 Å². The summed E-state index contributed by atoms with van der Waals surface area (Å²) in [5.41, 5.74) is 3.23. The maximum absolute atomic E-state index is 13.2. The molecule has 1 atom stereocenters. The molecule has 7 nitrogen and oxygen atoms in total. The van der Waals surface area contributed by atoms with Gasteiger partial charge in [-0.15, -0.1) is 0 Å². The molecule has 0 spiro atoms. The second-order valence-corrected chi connectivity index (χ2v) is 10.8. The number of amides is 2. The molecular formula is C25H31ClN4O3. The molecule has 1 saturated carbocycles. The summed E-state index contributed by atoms with van der Waals surface area (Å²) < 4.78 is 7.58. The van der Waals surface area contributed by atoms with E-state index in [1.807, 2.05) is 59.6 Å². The van der Waals surface area contributed by atoms with Crippen molar-refractivity contribution >= 4 is 23.6 Å². The van der Waals surface area contributed by atoms with Crippen LogP contribution < -0.4 is 0 Å².